The van der Waals surface area contributed by atoms with Gasteiger partial charge in [-0.1, -0.05) is 19.9 Å². The summed E-state index contributed by atoms with van der Waals surface area (Å²) in [7, 11) is 0. The molecule has 4 nitrogen and oxygen atoms in total. The minimum Gasteiger partial charge on any atom is -0.395 e. The summed E-state index contributed by atoms with van der Waals surface area (Å²) in [5.74, 6) is 1.37. The Hall–Kier alpha value is -0.420. The molecule has 3 N–H and O–H groups in total. The Morgan fingerprint density at radius 1 is 1.12 bits per heavy atom. The molecule has 6 aliphatic rings. The van der Waals surface area contributed by atoms with Gasteiger partial charge in [0.05, 0.1) is 18.8 Å². The third-order valence-corrected chi connectivity index (χ3v) is 9.70. The van der Waals surface area contributed by atoms with E-state index in [-0.39, 0.29) is 22.9 Å². The quantitative estimate of drug-likeness (QED) is 0.660. The summed E-state index contributed by atoms with van der Waals surface area (Å²) in [6.45, 7) is 9.72. The molecular weight excluding hydrogens is 326 g/mol. The van der Waals surface area contributed by atoms with Crippen molar-refractivity contribution in [3.05, 3.63) is 12.2 Å². The van der Waals surface area contributed by atoms with E-state index in [1.807, 2.05) is 0 Å². The summed E-state index contributed by atoms with van der Waals surface area (Å²) in [6, 6.07) is 0. The van der Waals surface area contributed by atoms with Crippen molar-refractivity contribution in [3.63, 3.8) is 0 Å². The Labute approximate surface area is 157 Å². The first-order valence-electron chi connectivity index (χ1n) is 10.8. The second kappa shape index (κ2) is 5.56. The topological polar surface area (TPSA) is 63.9 Å². The van der Waals surface area contributed by atoms with E-state index in [4.69, 9.17) is 0 Å². The predicted molar refractivity (Wildman–Crippen MR) is 100 cm³/mol. The number of hydrogen-bond donors (Lipinski definition) is 3. The first-order chi connectivity index (χ1) is 12.4. The molecule has 0 radical (unpaired) electrons. The molecule has 1 saturated heterocycles. The number of hydrogen-bond acceptors (Lipinski definition) is 4. The number of aliphatic hydroxyl groups is 3. The van der Waals surface area contributed by atoms with E-state index in [0.29, 0.717) is 17.8 Å². The monoisotopic (exact) mass is 361 g/mol. The second-order valence-corrected chi connectivity index (χ2v) is 10.6. The highest BCUT2D eigenvalue weighted by atomic mass is 16.3. The summed E-state index contributed by atoms with van der Waals surface area (Å²) >= 11 is 0. The van der Waals surface area contributed by atoms with E-state index < -0.39 is 12.2 Å². The van der Waals surface area contributed by atoms with Gasteiger partial charge in [-0.05, 0) is 72.7 Å². The van der Waals surface area contributed by atoms with Crippen molar-refractivity contribution in [2.75, 3.05) is 26.2 Å². The molecule has 5 aliphatic carbocycles. The van der Waals surface area contributed by atoms with Crippen LogP contribution < -0.4 is 0 Å². The maximum absolute atomic E-state index is 11.4. The molecule has 8 atom stereocenters. The van der Waals surface area contributed by atoms with Crippen molar-refractivity contribution in [2.45, 2.75) is 64.1 Å². The van der Waals surface area contributed by atoms with Gasteiger partial charge in [-0.15, -0.1) is 0 Å². The van der Waals surface area contributed by atoms with E-state index in [2.05, 4.69) is 18.4 Å². The fourth-order valence-corrected chi connectivity index (χ4v) is 8.82. The molecule has 4 heteroatoms. The summed E-state index contributed by atoms with van der Waals surface area (Å²) in [5, 5.41) is 32.2. The molecule has 4 bridgehead atoms. The number of rotatable bonds is 2. The van der Waals surface area contributed by atoms with Gasteiger partial charge in [-0.3, -0.25) is 4.90 Å². The van der Waals surface area contributed by atoms with E-state index in [1.165, 1.54) is 19.3 Å². The molecule has 0 aromatic rings. The zero-order chi connectivity index (χ0) is 18.3. The molecule has 0 aromatic heterocycles. The first-order valence-corrected chi connectivity index (χ1v) is 10.8. The Kier molecular flexibility index (Phi) is 3.78. The Balaban J connectivity index is 1.62. The molecule has 3 unspecified atom stereocenters. The third-order valence-electron chi connectivity index (χ3n) is 9.70. The van der Waals surface area contributed by atoms with E-state index >= 15 is 0 Å². The summed E-state index contributed by atoms with van der Waals surface area (Å²) in [6.07, 6.45) is 6.77. The van der Waals surface area contributed by atoms with Gasteiger partial charge in [0.2, 0.25) is 0 Å². The van der Waals surface area contributed by atoms with Crippen molar-refractivity contribution in [1.82, 2.24) is 4.90 Å². The van der Waals surface area contributed by atoms with E-state index in [1.54, 1.807) is 0 Å². The lowest BCUT2D eigenvalue weighted by Crippen LogP contribution is -2.74. The molecule has 1 aliphatic heterocycles. The highest BCUT2D eigenvalue weighted by Crippen LogP contribution is 2.73. The van der Waals surface area contributed by atoms with Crippen molar-refractivity contribution >= 4 is 0 Å². The molecule has 5 saturated carbocycles. The Bertz CT molecular complexity index is 623. The zero-order valence-corrected chi connectivity index (χ0v) is 16.2. The fourth-order valence-electron chi connectivity index (χ4n) is 8.82. The van der Waals surface area contributed by atoms with Gasteiger partial charge in [0.25, 0.3) is 0 Å². The van der Waals surface area contributed by atoms with Crippen molar-refractivity contribution in [1.29, 1.82) is 0 Å². The number of piperidine rings is 1. The van der Waals surface area contributed by atoms with Crippen LogP contribution in [0, 0.1) is 34.0 Å². The molecule has 1 heterocycles. The molecule has 26 heavy (non-hydrogen) atoms. The Morgan fingerprint density at radius 3 is 2.69 bits per heavy atom. The molecule has 146 valence electrons. The van der Waals surface area contributed by atoms with E-state index in [9.17, 15) is 15.3 Å². The Morgan fingerprint density at radius 2 is 1.92 bits per heavy atom. The standard InChI is InChI=1S/C22H35NO3/c1-14-15-4-7-22(19(14)26)17(10-15)21-6-3-5-20(2,16(21)11-18(22)25)12-23(13-21)8-9-24/h15-19,24-26H,1,3-13H2,2H3/t15-,16?,17?,18+,19-,20-,21-,22?/m0/s1. The minimum atomic E-state index is -0.535. The highest BCUT2D eigenvalue weighted by Gasteiger charge is 2.72. The number of aliphatic hydroxyl groups excluding tert-OH is 3. The highest BCUT2D eigenvalue weighted by molar-refractivity contribution is 5.29. The second-order valence-electron chi connectivity index (χ2n) is 10.6. The average Bonchev–Trinajstić information content (AvgIpc) is 2.60. The van der Waals surface area contributed by atoms with Gasteiger partial charge >= 0.3 is 0 Å². The summed E-state index contributed by atoms with van der Waals surface area (Å²) in [4.78, 5) is 2.49. The van der Waals surface area contributed by atoms with Crippen LogP contribution in [0.4, 0.5) is 0 Å². The zero-order valence-electron chi connectivity index (χ0n) is 16.2. The van der Waals surface area contributed by atoms with Crippen molar-refractivity contribution in [2.24, 2.45) is 34.0 Å². The number of β-amino-alcohol motifs (C(OH)–C–C–N with tert-alkyl or cyclic N) is 1. The minimum absolute atomic E-state index is 0.194. The SMILES string of the molecule is C=C1[C@H]2CCC3(C(C2)[C@@]24CCC[C@@](C)(CN(CCO)C2)C4C[C@H]3O)[C@H]1O. The number of likely N-dealkylation sites (tertiary alicyclic amines) is 1. The van der Waals surface area contributed by atoms with E-state index in [0.717, 1.165) is 50.9 Å². The van der Waals surface area contributed by atoms with Crippen LogP contribution in [0.25, 0.3) is 0 Å². The maximum atomic E-state index is 11.4. The molecule has 6 rings (SSSR count). The van der Waals surface area contributed by atoms with Crippen LogP contribution in [0.15, 0.2) is 12.2 Å². The van der Waals surface area contributed by atoms with Gasteiger partial charge < -0.3 is 15.3 Å². The molecule has 0 amide bonds. The fraction of sp³-hybridized carbons (Fsp3) is 0.909. The lowest BCUT2D eigenvalue weighted by molar-refractivity contribution is -0.276. The molecule has 6 fully saturated rings. The summed E-state index contributed by atoms with van der Waals surface area (Å²) in [5.41, 5.74) is 1.04. The summed E-state index contributed by atoms with van der Waals surface area (Å²) < 4.78 is 0. The van der Waals surface area contributed by atoms with Crippen molar-refractivity contribution < 1.29 is 15.3 Å². The molecule has 1 spiro atoms. The lowest BCUT2D eigenvalue weighted by Gasteiger charge is -2.73. The van der Waals surface area contributed by atoms with Crippen LogP contribution in [-0.2, 0) is 0 Å². The van der Waals surface area contributed by atoms with Gasteiger partial charge in [0.1, 0.15) is 0 Å². The third kappa shape index (κ3) is 1.95. The largest absolute Gasteiger partial charge is 0.395 e. The van der Waals surface area contributed by atoms with Gasteiger partial charge in [0, 0.05) is 25.0 Å². The molecular formula is C22H35NO3. The maximum Gasteiger partial charge on any atom is 0.0834 e. The lowest BCUT2D eigenvalue weighted by atomic mass is 9.34. The normalized spacial score (nSPS) is 56.2. The van der Waals surface area contributed by atoms with Crippen LogP contribution in [0.1, 0.15) is 51.9 Å². The van der Waals surface area contributed by atoms with Crippen LogP contribution in [0.5, 0.6) is 0 Å². The average molecular weight is 362 g/mol. The van der Waals surface area contributed by atoms with Crippen LogP contribution in [-0.4, -0.2) is 58.7 Å². The van der Waals surface area contributed by atoms with Gasteiger partial charge in [-0.25, -0.2) is 0 Å². The van der Waals surface area contributed by atoms with Crippen LogP contribution >= 0.6 is 0 Å². The van der Waals surface area contributed by atoms with Crippen LogP contribution in [0.3, 0.4) is 0 Å². The van der Waals surface area contributed by atoms with Crippen LogP contribution in [0.2, 0.25) is 0 Å². The number of fused-ring (bicyclic) bond motifs is 2. The molecule has 0 aromatic carbocycles. The number of nitrogens with zero attached hydrogens (tertiary/aromatic N) is 1. The van der Waals surface area contributed by atoms with Gasteiger partial charge in [0.15, 0.2) is 0 Å². The smallest absolute Gasteiger partial charge is 0.0834 e. The van der Waals surface area contributed by atoms with Gasteiger partial charge in [-0.2, -0.15) is 0 Å². The first kappa shape index (κ1) is 17.7. The van der Waals surface area contributed by atoms with Crippen molar-refractivity contribution in [3.8, 4) is 0 Å². The predicted octanol–water partition coefficient (Wildman–Crippen LogP) is 2.19.